The molecule has 0 N–H and O–H groups in total. The molecule has 0 aromatic carbocycles. The van der Waals surface area contributed by atoms with Crippen LogP contribution in [0.3, 0.4) is 0 Å². The Morgan fingerprint density at radius 3 is 0.833 bits per heavy atom. The second kappa shape index (κ2) is 29.0. The van der Waals surface area contributed by atoms with Crippen LogP contribution >= 0.6 is 0 Å². The lowest BCUT2D eigenvalue weighted by molar-refractivity contribution is 0.283. The van der Waals surface area contributed by atoms with Crippen molar-refractivity contribution >= 4 is 0 Å². The van der Waals surface area contributed by atoms with E-state index in [2.05, 4.69) is 125 Å². The summed E-state index contributed by atoms with van der Waals surface area (Å²) in [5.74, 6) is 5.12. The summed E-state index contributed by atoms with van der Waals surface area (Å²) in [6, 6.07) is 0. The fourth-order valence-electron chi connectivity index (χ4n) is 0.612. The van der Waals surface area contributed by atoms with Gasteiger partial charge >= 0.3 is 0 Å². The van der Waals surface area contributed by atoms with E-state index in [0.717, 1.165) is 35.5 Å². The highest BCUT2D eigenvalue weighted by Gasteiger charge is 2.13. The van der Waals surface area contributed by atoms with Crippen molar-refractivity contribution < 1.29 is 0 Å². The minimum absolute atomic E-state index is 0. The van der Waals surface area contributed by atoms with Gasteiger partial charge in [0.25, 0.3) is 0 Å². The van der Waals surface area contributed by atoms with Gasteiger partial charge in [-0.2, -0.15) is 0 Å². The van der Waals surface area contributed by atoms with Crippen LogP contribution in [-0.2, 0) is 0 Å². The third kappa shape index (κ3) is 79.7. The molecule has 0 aliphatic carbocycles. The van der Waals surface area contributed by atoms with Gasteiger partial charge in [0.05, 0.1) is 0 Å². The van der Waals surface area contributed by atoms with E-state index < -0.39 is 0 Å². The van der Waals surface area contributed by atoms with Crippen molar-refractivity contribution in [3.63, 3.8) is 0 Å². The highest BCUT2D eigenvalue weighted by Crippen LogP contribution is 2.23. The van der Waals surface area contributed by atoms with Crippen LogP contribution in [0.4, 0.5) is 0 Å². The van der Waals surface area contributed by atoms with E-state index in [-0.39, 0.29) is 7.43 Å². The third-order valence-corrected chi connectivity index (χ3v) is 5.02. The third-order valence-electron chi connectivity index (χ3n) is 5.02. The topological polar surface area (TPSA) is 0 Å². The van der Waals surface area contributed by atoms with Crippen LogP contribution in [0.15, 0.2) is 0 Å². The van der Waals surface area contributed by atoms with E-state index in [1.165, 1.54) is 25.7 Å². The summed E-state index contributed by atoms with van der Waals surface area (Å²) in [5, 5.41) is 0. The van der Waals surface area contributed by atoms with E-state index in [0.29, 0.717) is 5.41 Å². The van der Waals surface area contributed by atoms with Crippen molar-refractivity contribution in [3.8, 4) is 0 Å². The van der Waals surface area contributed by atoms with E-state index in [4.69, 9.17) is 0 Å². The van der Waals surface area contributed by atoms with Crippen LogP contribution in [0, 0.1) is 40.9 Å². The predicted octanol–water partition coefficient (Wildman–Crippen LogP) is 12.2. The molecule has 0 heteroatoms. The second-order valence-corrected chi connectivity index (χ2v) is 12.1. The molecule has 0 spiro atoms. The second-order valence-electron chi connectivity index (χ2n) is 12.1. The van der Waals surface area contributed by atoms with Gasteiger partial charge < -0.3 is 0 Å². The summed E-state index contributed by atoms with van der Waals surface area (Å²) in [6.07, 6.45) is 5.45. The molecule has 0 saturated carbocycles. The maximum absolute atomic E-state index is 2.27. The first-order valence-corrected chi connectivity index (χ1v) is 12.9. The first kappa shape index (κ1) is 43.8. The van der Waals surface area contributed by atoms with Gasteiger partial charge in [-0.05, 0) is 40.9 Å². The van der Waals surface area contributed by atoms with Crippen LogP contribution in [-0.4, -0.2) is 0 Å². The van der Waals surface area contributed by atoms with E-state index in [9.17, 15) is 0 Å². The van der Waals surface area contributed by atoms with Crippen molar-refractivity contribution in [3.05, 3.63) is 0 Å². The van der Waals surface area contributed by atoms with Crippen molar-refractivity contribution in [2.75, 3.05) is 0 Å². The minimum atomic E-state index is 0. The van der Waals surface area contributed by atoms with E-state index >= 15 is 0 Å². The number of hydrogen-bond donors (Lipinski definition) is 0. The molecule has 0 saturated heterocycles. The molecule has 0 nitrogen and oxygen atoms in total. The highest BCUT2D eigenvalue weighted by molar-refractivity contribution is 4.64. The average molecular weight is 433 g/mol. The monoisotopic (exact) mass is 433 g/mol. The number of rotatable bonds is 5. The van der Waals surface area contributed by atoms with Gasteiger partial charge in [-0.1, -0.05) is 158 Å². The Bertz CT molecular complexity index is 239. The largest absolute Gasteiger partial charge is 0.0776 e. The lowest BCUT2D eigenvalue weighted by atomic mass is 9.84. The number of unbranched alkanes of at least 4 members (excludes halogenated alkanes) is 1. The molecule has 0 atom stereocenters. The SMILES string of the molecule is C.CC(C)C.CC(C)C(C)(C)C.CC(C)C(C)C.CCC(C)C.CCCCC(C)C. The van der Waals surface area contributed by atoms with Crippen molar-refractivity contribution in [2.45, 2.75) is 158 Å². The first-order valence-electron chi connectivity index (χ1n) is 12.9. The molecule has 0 aliphatic rings. The lowest BCUT2D eigenvalue weighted by Gasteiger charge is -2.22. The van der Waals surface area contributed by atoms with Gasteiger partial charge in [-0.25, -0.2) is 0 Å². The Kier molecular flexibility index (Phi) is 42.3. The van der Waals surface area contributed by atoms with Crippen LogP contribution in [0.25, 0.3) is 0 Å². The number of hydrogen-bond acceptors (Lipinski definition) is 0. The van der Waals surface area contributed by atoms with Gasteiger partial charge in [0, 0.05) is 0 Å². The molecule has 192 valence electrons. The zero-order valence-corrected chi connectivity index (χ0v) is 24.8. The van der Waals surface area contributed by atoms with Crippen molar-refractivity contribution in [1.82, 2.24) is 0 Å². The fourth-order valence-corrected chi connectivity index (χ4v) is 0.612. The molecule has 0 bridgehead atoms. The summed E-state index contributed by atoms with van der Waals surface area (Å²) in [7, 11) is 0. The summed E-state index contributed by atoms with van der Waals surface area (Å²) in [5.41, 5.74) is 0.500. The first-order chi connectivity index (χ1) is 12.9. The van der Waals surface area contributed by atoms with Crippen molar-refractivity contribution in [1.29, 1.82) is 0 Å². The van der Waals surface area contributed by atoms with Crippen molar-refractivity contribution in [2.24, 2.45) is 40.9 Å². The zero-order chi connectivity index (χ0) is 24.8. The molecule has 0 aromatic rings. The molecule has 0 aliphatic heterocycles. The maximum atomic E-state index is 2.27. The average Bonchev–Trinajstić information content (AvgIpc) is 2.53. The summed E-state index contributed by atoms with van der Waals surface area (Å²) < 4.78 is 0. The molecule has 0 amide bonds. The van der Waals surface area contributed by atoms with Crippen LogP contribution in [0.5, 0.6) is 0 Å². The minimum Gasteiger partial charge on any atom is -0.0776 e. The fraction of sp³-hybridized carbons (Fsp3) is 1.00. The van der Waals surface area contributed by atoms with Gasteiger partial charge in [-0.15, -0.1) is 0 Å². The Labute approximate surface area is 198 Å². The smallest absolute Gasteiger partial charge is 0.0360 e. The molecule has 0 fully saturated rings. The standard InChI is InChI=1S/2C7H16.C6H14.C5H12.C4H10.CH4/c1-6(2)7(3,4)5;1-4-5-6-7(2)3;1-5(2)6(3)4;1-4-5(2)3;1-4(2)3;/h6H,1-5H3;7H,4-6H2,1-3H3;5-6H,1-4H3;5H,4H2,1-3H3;4H,1-3H3;1H4. The van der Waals surface area contributed by atoms with Gasteiger partial charge in [0.15, 0.2) is 0 Å². The predicted molar refractivity (Wildman–Crippen MR) is 151 cm³/mol. The Hall–Kier alpha value is 0. The molecule has 0 unspecified atom stereocenters. The maximum Gasteiger partial charge on any atom is -0.0360 e. The van der Waals surface area contributed by atoms with Gasteiger partial charge in [0.1, 0.15) is 0 Å². The van der Waals surface area contributed by atoms with E-state index in [1.54, 1.807) is 0 Å². The Balaban J connectivity index is -0.0000000603. The quantitative estimate of drug-likeness (QED) is 0.405. The zero-order valence-electron chi connectivity index (χ0n) is 24.8. The molecular formula is C30H72. The Morgan fingerprint density at radius 2 is 0.800 bits per heavy atom. The molecule has 0 radical (unpaired) electrons. The van der Waals surface area contributed by atoms with Crippen LogP contribution in [0.1, 0.15) is 158 Å². The van der Waals surface area contributed by atoms with Gasteiger partial charge in [0.2, 0.25) is 0 Å². The molecule has 0 heterocycles. The summed E-state index contributed by atoms with van der Waals surface area (Å²) in [6.45, 7) is 40.2. The highest BCUT2D eigenvalue weighted by atomic mass is 14.2. The molecule has 0 aromatic heterocycles. The van der Waals surface area contributed by atoms with E-state index in [1.807, 2.05) is 0 Å². The normalized spacial score (nSPS) is 10.4. The summed E-state index contributed by atoms with van der Waals surface area (Å²) >= 11 is 0. The molecule has 30 heavy (non-hydrogen) atoms. The Morgan fingerprint density at radius 1 is 0.567 bits per heavy atom. The van der Waals surface area contributed by atoms with Gasteiger partial charge in [-0.3, -0.25) is 0 Å². The summed E-state index contributed by atoms with van der Waals surface area (Å²) in [4.78, 5) is 0. The van der Waals surface area contributed by atoms with Crippen LogP contribution in [0.2, 0.25) is 0 Å². The lowest BCUT2D eigenvalue weighted by Crippen LogP contribution is -2.12. The van der Waals surface area contributed by atoms with Crippen LogP contribution < -0.4 is 0 Å². The molecular weight excluding hydrogens is 360 g/mol. The molecule has 0 rings (SSSR count).